The van der Waals surface area contributed by atoms with Crippen molar-refractivity contribution in [2.45, 2.75) is 26.3 Å². The van der Waals surface area contributed by atoms with E-state index >= 15 is 0 Å². The van der Waals surface area contributed by atoms with Crippen molar-refractivity contribution in [3.8, 4) is 0 Å². The third kappa shape index (κ3) is 4.22. The number of aromatic nitrogens is 2. The van der Waals surface area contributed by atoms with Crippen LogP contribution in [0.1, 0.15) is 27.3 Å². The van der Waals surface area contributed by atoms with Crippen molar-refractivity contribution in [2.75, 3.05) is 26.7 Å². The minimum atomic E-state index is -0.142. The molecule has 29 heavy (non-hydrogen) atoms. The molecule has 4 rings (SSSR count). The maximum absolute atomic E-state index is 12.9. The number of aryl methyl sites for hydroxylation is 1. The second-order valence-electron chi connectivity index (χ2n) is 7.76. The second-order valence-corrected chi connectivity index (χ2v) is 7.76. The van der Waals surface area contributed by atoms with Gasteiger partial charge in [-0.2, -0.15) is 0 Å². The quantitative estimate of drug-likeness (QED) is 0.741. The van der Waals surface area contributed by atoms with Gasteiger partial charge in [-0.25, -0.2) is 4.98 Å². The van der Waals surface area contributed by atoms with Gasteiger partial charge in [0.15, 0.2) is 0 Å². The van der Waals surface area contributed by atoms with E-state index in [1.165, 1.54) is 11.1 Å². The smallest absolute Gasteiger partial charge is 0.261 e. The van der Waals surface area contributed by atoms with Crippen molar-refractivity contribution in [3.05, 3.63) is 75.3 Å². The van der Waals surface area contributed by atoms with E-state index in [0.717, 1.165) is 31.8 Å². The van der Waals surface area contributed by atoms with Gasteiger partial charge in [0, 0.05) is 38.2 Å². The lowest BCUT2D eigenvalue weighted by molar-refractivity contribution is 0.0954. The maximum atomic E-state index is 12.9. The van der Waals surface area contributed by atoms with E-state index in [1.807, 2.05) is 6.07 Å². The molecule has 2 aromatic carbocycles. The zero-order chi connectivity index (χ0) is 20.4. The maximum Gasteiger partial charge on any atom is 0.261 e. The summed E-state index contributed by atoms with van der Waals surface area (Å²) in [5.74, 6) is 0.653. The molecule has 1 aliphatic heterocycles. The van der Waals surface area contributed by atoms with Crippen LogP contribution in [0.4, 0.5) is 0 Å². The van der Waals surface area contributed by atoms with Gasteiger partial charge < -0.3 is 10.2 Å². The molecule has 150 valence electrons. The fourth-order valence-corrected chi connectivity index (χ4v) is 3.79. The number of nitrogens with one attached hydrogen (secondary N) is 1. The Morgan fingerprint density at radius 2 is 2.00 bits per heavy atom. The first-order valence-electron chi connectivity index (χ1n) is 10.1. The molecule has 0 aliphatic carbocycles. The van der Waals surface area contributed by atoms with Gasteiger partial charge in [0.2, 0.25) is 0 Å². The summed E-state index contributed by atoms with van der Waals surface area (Å²) in [5, 5.41) is 3.53. The molecular weight excluding hydrogens is 364 g/mol. The van der Waals surface area contributed by atoms with Crippen molar-refractivity contribution < 1.29 is 4.79 Å². The molecule has 0 saturated heterocycles. The summed E-state index contributed by atoms with van der Waals surface area (Å²) >= 11 is 0. The molecule has 1 aromatic heterocycles. The monoisotopic (exact) mass is 390 g/mol. The minimum Gasteiger partial charge on any atom is -0.352 e. The lowest BCUT2D eigenvalue weighted by Crippen LogP contribution is -2.28. The molecule has 6 heteroatoms. The first kappa shape index (κ1) is 19.3. The SMILES string of the molecule is Cc1cccc(CCNC(=O)c2ccc3c(=O)n4c(nc3c2)CCN(C)CC4)c1. The number of nitrogens with zero attached hydrogens (tertiary/aromatic N) is 3. The van der Waals surface area contributed by atoms with Gasteiger partial charge in [-0.05, 0) is 44.2 Å². The fourth-order valence-electron chi connectivity index (χ4n) is 3.79. The van der Waals surface area contributed by atoms with Gasteiger partial charge in [0.05, 0.1) is 10.9 Å². The summed E-state index contributed by atoms with van der Waals surface area (Å²) in [5.41, 5.74) is 3.52. The Morgan fingerprint density at radius 3 is 2.83 bits per heavy atom. The number of likely N-dealkylation sites (N-methyl/N-ethyl adjacent to an activating group) is 1. The molecule has 0 radical (unpaired) electrons. The summed E-state index contributed by atoms with van der Waals surface area (Å²) in [4.78, 5) is 32.4. The molecule has 1 N–H and O–H groups in total. The lowest BCUT2D eigenvalue weighted by Gasteiger charge is -2.11. The minimum absolute atomic E-state index is 0.0216. The molecule has 0 atom stereocenters. The van der Waals surface area contributed by atoms with Gasteiger partial charge in [0.1, 0.15) is 5.82 Å². The lowest BCUT2D eigenvalue weighted by atomic mass is 10.1. The molecule has 2 heterocycles. The van der Waals surface area contributed by atoms with Crippen LogP contribution in [-0.2, 0) is 19.4 Å². The average Bonchev–Trinajstić information content (AvgIpc) is 2.89. The van der Waals surface area contributed by atoms with Crippen LogP contribution in [0.15, 0.2) is 47.3 Å². The average molecular weight is 390 g/mol. The number of hydrogen-bond acceptors (Lipinski definition) is 4. The van der Waals surface area contributed by atoms with E-state index in [0.29, 0.717) is 29.6 Å². The van der Waals surface area contributed by atoms with Gasteiger partial charge in [-0.3, -0.25) is 14.2 Å². The molecule has 3 aromatic rings. The third-order valence-electron chi connectivity index (χ3n) is 5.50. The third-order valence-corrected chi connectivity index (χ3v) is 5.50. The molecule has 0 bridgehead atoms. The van der Waals surface area contributed by atoms with Gasteiger partial charge in [-0.15, -0.1) is 0 Å². The second kappa shape index (κ2) is 8.17. The van der Waals surface area contributed by atoms with Gasteiger partial charge in [-0.1, -0.05) is 29.8 Å². The Morgan fingerprint density at radius 1 is 1.14 bits per heavy atom. The van der Waals surface area contributed by atoms with Crippen molar-refractivity contribution in [2.24, 2.45) is 0 Å². The largest absolute Gasteiger partial charge is 0.352 e. The van der Waals surface area contributed by atoms with Crippen molar-refractivity contribution in [3.63, 3.8) is 0 Å². The molecule has 0 fully saturated rings. The van der Waals surface area contributed by atoms with Crippen LogP contribution in [0.25, 0.3) is 10.9 Å². The van der Waals surface area contributed by atoms with Crippen molar-refractivity contribution in [1.29, 1.82) is 0 Å². The summed E-state index contributed by atoms with van der Waals surface area (Å²) in [7, 11) is 2.05. The van der Waals surface area contributed by atoms with E-state index in [4.69, 9.17) is 4.98 Å². The molecule has 0 saturated carbocycles. The molecular formula is C23H26N4O2. The molecule has 0 spiro atoms. The summed E-state index contributed by atoms with van der Waals surface area (Å²) < 4.78 is 1.77. The Hall–Kier alpha value is -2.99. The summed E-state index contributed by atoms with van der Waals surface area (Å²) in [6.45, 7) is 4.98. The topological polar surface area (TPSA) is 67.2 Å². The fraction of sp³-hybridized carbons (Fsp3) is 0.348. The highest BCUT2D eigenvalue weighted by Crippen LogP contribution is 2.14. The highest BCUT2D eigenvalue weighted by molar-refractivity contribution is 5.97. The van der Waals surface area contributed by atoms with Crippen LogP contribution < -0.4 is 10.9 Å². The van der Waals surface area contributed by atoms with Crippen LogP contribution in [0.3, 0.4) is 0 Å². The highest BCUT2D eigenvalue weighted by Gasteiger charge is 2.16. The number of fused-ring (bicyclic) bond motifs is 2. The Balaban J connectivity index is 1.52. The molecule has 6 nitrogen and oxygen atoms in total. The Bertz CT molecular complexity index is 1120. The van der Waals surface area contributed by atoms with E-state index in [-0.39, 0.29) is 11.5 Å². The first-order valence-corrected chi connectivity index (χ1v) is 10.1. The standard InChI is InChI=1S/C23H26N4O2/c1-16-4-3-5-17(14-16)8-10-24-22(28)18-6-7-19-20(15-18)25-21-9-11-26(2)12-13-27(21)23(19)29/h3-7,14-15H,8-13H2,1-2H3,(H,24,28). The van der Waals surface area contributed by atoms with Crippen LogP contribution >= 0.6 is 0 Å². The summed E-state index contributed by atoms with van der Waals surface area (Å²) in [6.07, 6.45) is 1.51. The number of rotatable bonds is 4. The Labute approximate surface area is 170 Å². The summed E-state index contributed by atoms with van der Waals surface area (Å²) in [6, 6.07) is 13.4. The zero-order valence-electron chi connectivity index (χ0n) is 16.9. The molecule has 0 unspecified atom stereocenters. The number of carbonyl (C=O) groups is 1. The van der Waals surface area contributed by atoms with Crippen LogP contribution in [-0.4, -0.2) is 47.0 Å². The van der Waals surface area contributed by atoms with Crippen molar-refractivity contribution in [1.82, 2.24) is 19.8 Å². The van der Waals surface area contributed by atoms with Crippen LogP contribution in [0.2, 0.25) is 0 Å². The molecule has 1 aliphatic rings. The Kier molecular flexibility index (Phi) is 5.45. The van der Waals surface area contributed by atoms with Crippen LogP contribution in [0, 0.1) is 6.92 Å². The molecule has 1 amide bonds. The highest BCUT2D eigenvalue weighted by atomic mass is 16.1. The van der Waals surface area contributed by atoms with E-state index in [2.05, 4.69) is 42.4 Å². The van der Waals surface area contributed by atoms with E-state index in [1.54, 1.807) is 22.8 Å². The number of amides is 1. The first-order chi connectivity index (χ1) is 14.0. The van der Waals surface area contributed by atoms with Crippen LogP contribution in [0.5, 0.6) is 0 Å². The normalized spacial score (nSPS) is 14.4. The van der Waals surface area contributed by atoms with E-state index in [9.17, 15) is 9.59 Å². The number of carbonyl (C=O) groups excluding carboxylic acids is 1. The predicted octanol–water partition coefficient (Wildman–Crippen LogP) is 2.17. The number of benzene rings is 2. The van der Waals surface area contributed by atoms with Crippen molar-refractivity contribution >= 4 is 16.8 Å². The zero-order valence-corrected chi connectivity index (χ0v) is 16.9. The predicted molar refractivity (Wildman–Crippen MR) is 114 cm³/mol. The number of hydrogen-bond donors (Lipinski definition) is 1. The van der Waals surface area contributed by atoms with Gasteiger partial charge in [0.25, 0.3) is 11.5 Å². The van der Waals surface area contributed by atoms with Gasteiger partial charge >= 0.3 is 0 Å². The van der Waals surface area contributed by atoms with E-state index < -0.39 is 0 Å².